The molecule has 3 rings (SSSR count). The molecule has 0 saturated carbocycles. The molecule has 0 amide bonds. The zero-order chi connectivity index (χ0) is 15.7. The summed E-state index contributed by atoms with van der Waals surface area (Å²) in [6.07, 6.45) is 5.56. The highest BCUT2D eigenvalue weighted by atomic mass is 16.5. The van der Waals surface area contributed by atoms with Crippen LogP contribution in [0.15, 0.2) is 18.3 Å². The fourth-order valence-corrected chi connectivity index (χ4v) is 3.27. The third kappa shape index (κ3) is 2.98. The zero-order valence-corrected chi connectivity index (χ0v) is 14.1. The molecule has 0 radical (unpaired) electrons. The minimum absolute atomic E-state index is 0.0618. The number of nitrogens with zero attached hydrogens (tertiary/aromatic N) is 2. The molecule has 3 heterocycles. The molecule has 22 heavy (non-hydrogen) atoms. The molecule has 1 N–H and O–H groups in total. The second-order valence-electron chi connectivity index (χ2n) is 7.31. The first-order valence-electron chi connectivity index (χ1n) is 8.26. The van der Waals surface area contributed by atoms with Crippen molar-refractivity contribution in [2.75, 3.05) is 25.6 Å². The molecule has 4 heteroatoms. The van der Waals surface area contributed by atoms with Gasteiger partial charge in [-0.25, -0.2) is 4.98 Å². The Bertz CT molecular complexity index is 648. The molecule has 0 unspecified atom stereocenters. The van der Waals surface area contributed by atoms with Crippen LogP contribution < -0.4 is 5.32 Å². The van der Waals surface area contributed by atoms with E-state index in [0.29, 0.717) is 5.92 Å². The Morgan fingerprint density at radius 2 is 2.05 bits per heavy atom. The van der Waals surface area contributed by atoms with Gasteiger partial charge in [-0.1, -0.05) is 20.8 Å². The van der Waals surface area contributed by atoms with Crippen LogP contribution in [0.2, 0.25) is 0 Å². The first-order chi connectivity index (χ1) is 10.5. The van der Waals surface area contributed by atoms with Crippen LogP contribution in [-0.2, 0) is 16.6 Å². The molecule has 2 aromatic heterocycles. The third-order valence-electron chi connectivity index (χ3n) is 4.55. The Hall–Kier alpha value is -1.55. The van der Waals surface area contributed by atoms with Gasteiger partial charge in [0.05, 0.1) is 5.69 Å². The largest absolute Gasteiger partial charge is 0.388 e. The summed E-state index contributed by atoms with van der Waals surface area (Å²) in [6.45, 7) is 8.55. The number of imidazole rings is 1. The molecule has 0 bridgehead atoms. The Kier molecular flexibility index (Phi) is 4.13. The predicted octanol–water partition coefficient (Wildman–Crippen LogP) is 3.64. The van der Waals surface area contributed by atoms with Gasteiger partial charge in [0, 0.05) is 49.3 Å². The molecule has 0 atom stereocenters. The topological polar surface area (TPSA) is 38.6 Å². The Balaban J connectivity index is 2.04. The molecule has 1 aliphatic heterocycles. The SMILES string of the molecule is CNc1ccn2c(CC3CCOCC3)c(C(C)(C)C)nc2c1. The van der Waals surface area contributed by atoms with Gasteiger partial charge in [0.2, 0.25) is 0 Å². The number of rotatable bonds is 3. The van der Waals surface area contributed by atoms with E-state index >= 15 is 0 Å². The fourth-order valence-electron chi connectivity index (χ4n) is 3.27. The van der Waals surface area contributed by atoms with E-state index in [9.17, 15) is 0 Å². The van der Waals surface area contributed by atoms with Crippen molar-refractivity contribution in [3.05, 3.63) is 29.7 Å². The number of ether oxygens (including phenoxy) is 1. The average molecular weight is 301 g/mol. The van der Waals surface area contributed by atoms with Crippen molar-refractivity contribution < 1.29 is 4.74 Å². The van der Waals surface area contributed by atoms with Crippen LogP contribution in [0, 0.1) is 5.92 Å². The Morgan fingerprint density at radius 1 is 1.32 bits per heavy atom. The summed E-state index contributed by atoms with van der Waals surface area (Å²) < 4.78 is 7.78. The molecular formula is C18H27N3O. The van der Waals surface area contributed by atoms with Crippen LogP contribution in [0.5, 0.6) is 0 Å². The quantitative estimate of drug-likeness (QED) is 0.940. The smallest absolute Gasteiger partial charge is 0.139 e. The van der Waals surface area contributed by atoms with Crippen molar-refractivity contribution in [2.24, 2.45) is 5.92 Å². The summed E-state index contributed by atoms with van der Waals surface area (Å²) in [7, 11) is 1.95. The van der Waals surface area contributed by atoms with Gasteiger partial charge in [-0.15, -0.1) is 0 Å². The lowest BCUT2D eigenvalue weighted by molar-refractivity contribution is 0.0661. The third-order valence-corrected chi connectivity index (χ3v) is 4.55. The number of hydrogen-bond acceptors (Lipinski definition) is 3. The van der Waals surface area contributed by atoms with E-state index in [1.54, 1.807) is 0 Å². The minimum atomic E-state index is 0.0618. The van der Waals surface area contributed by atoms with Gasteiger partial charge in [0.1, 0.15) is 5.65 Å². The monoisotopic (exact) mass is 301 g/mol. The highest BCUT2D eigenvalue weighted by molar-refractivity contribution is 5.56. The van der Waals surface area contributed by atoms with E-state index in [1.807, 2.05) is 7.05 Å². The maximum Gasteiger partial charge on any atom is 0.139 e. The minimum Gasteiger partial charge on any atom is -0.388 e. The van der Waals surface area contributed by atoms with E-state index in [0.717, 1.165) is 43.8 Å². The maximum absolute atomic E-state index is 5.50. The lowest BCUT2D eigenvalue weighted by Crippen LogP contribution is -2.21. The number of hydrogen-bond donors (Lipinski definition) is 1. The van der Waals surface area contributed by atoms with Crippen molar-refractivity contribution in [1.29, 1.82) is 0 Å². The normalized spacial score (nSPS) is 17.1. The molecule has 120 valence electrons. The lowest BCUT2D eigenvalue weighted by atomic mass is 9.86. The van der Waals surface area contributed by atoms with E-state index in [1.165, 1.54) is 11.4 Å². The highest BCUT2D eigenvalue weighted by Gasteiger charge is 2.26. The number of pyridine rings is 1. The Morgan fingerprint density at radius 3 is 2.68 bits per heavy atom. The second-order valence-corrected chi connectivity index (χ2v) is 7.31. The molecule has 1 fully saturated rings. The number of fused-ring (bicyclic) bond motifs is 1. The highest BCUT2D eigenvalue weighted by Crippen LogP contribution is 2.30. The van der Waals surface area contributed by atoms with Gasteiger partial charge in [-0.3, -0.25) is 0 Å². The zero-order valence-electron chi connectivity index (χ0n) is 14.1. The summed E-state index contributed by atoms with van der Waals surface area (Å²) in [5.41, 5.74) is 4.81. The van der Waals surface area contributed by atoms with Crippen LogP contribution >= 0.6 is 0 Å². The molecule has 4 nitrogen and oxygen atoms in total. The van der Waals surface area contributed by atoms with E-state index in [2.05, 4.69) is 48.8 Å². The Labute approximate surface area is 132 Å². The molecule has 1 saturated heterocycles. The standard InChI is InChI=1S/C18H27N3O/c1-18(2,3)17-15(11-13-6-9-22-10-7-13)21-8-5-14(19-4)12-16(21)20-17/h5,8,12-13,19H,6-7,9-11H2,1-4H3. The van der Waals surface area contributed by atoms with Crippen LogP contribution in [-0.4, -0.2) is 29.6 Å². The van der Waals surface area contributed by atoms with Gasteiger partial charge in [-0.2, -0.15) is 0 Å². The molecular weight excluding hydrogens is 274 g/mol. The van der Waals surface area contributed by atoms with Gasteiger partial charge < -0.3 is 14.5 Å². The maximum atomic E-state index is 5.50. The molecule has 2 aromatic rings. The fraction of sp³-hybridized carbons (Fsp3) is 0.611. The van der Waals surface area contributed by atoms with Crippen molar-refractivity contribution in [1.82, 2.24) is 9.38 Å². The first kappa shape index (κ1) is 15.3. The van der Waals surface area contributed by atoms with Crippen LogP contribution in [0.1, 0.15) is 45.0 Å². The van der Waals surface area contributed by atoms with E-state index < -0.39 is 0 Å². The summed E-state index contributed by atoms with van der Waals surface area (Å²) in [6, 6.07) is 4.25. The second kappa shape index (κ2) is 5.92. The molecule has 1 aliphatic rings. The van der Waals surface area contributed by atoms with Crippen molar-refractivity contribution in [3.63, 3.8) is 0 Å². The van der Waals surface area contributed by atoms with Crippen LogP contribution in [0.4, 0.5) is 5.69 Å². The van der Waals surface area contributed by atoms with E-state index in [4.69, 9.17) is 9.72 Å². The number of anilines is 1. The summed E-state index contributed by atoms with van der Waals surface area (Å²) in [5, 5.41) is 3.20. The van der Waals surface area contributed by atoms with Gasteiger partial charge in [0.15, 0.2) is 0 Å². The van der Waals surface area contributed by atoms with Gasteiger partial charge in [-0.05, 0) is 31.2 Å². The van der Waals surface area contributed by atoms with Crippen LogP contribution in [0.3, 0.4) is 0 Å². The van der Waals surface area contributed by atoms with Crippen molar-refractivity contribution in [3.8, 4) is 0 Å². The van der Waals surface area contributed by atoms with Crippen molar-refractivity contribution >= 4 is 11.3 Å². The van der Waals surface area contributed by atoms with Crippen molar-refractivity contribution in [2.45, 2.75) is 45.4 Å². The first-order valence-corrected chi connectivity index (χ1v) is 8.26. The number of nitrogens with one attached hydrogen (secondary N) is 1. The summed E-state index contributed by atoms with van der Waals surface area (Å²) >= 11 is 0. The van der Waals surface area contributed by atoms with Crippen LogP contribution in [0.25, 0.3) is 5.65 Å². The average Bonchev–Trinajstić information content (AvgIpc) is 2.86. The summed E-state index contributed by atoms with van der Waals surface area (Å²) in [4.78, 5) is 4.95. The van der Waals surface area contributed by atoms with Gasteiger partial charge in [0.25, 0.3) is 0 Å². The lowest BCUT2D eigenvalue weighted by Gasteiger charge is -2.24. The van der Waals surface area contributed by atoms with E-state index in [-0.39, 0.29) is 5.41 Å². The predicted molar refractivity (Wildman–Crippen MR) is 90.7 cm³/mol. The molecule has 0 spiro atoms. The number of aromatic nitrogens is 2. The molecule has 0 aromatic carbocycles. The molecule has 0 aliphatic carbocycles. The van der Waals surface area contributed by atoms with Gasteiger partial charge >= 0.3 is 0 Å². The summed E-state index contributed by atoms with van der Waals surface area (Å²) in [5.74, 6) is 0.707.